The van der Waals surface area contributed by atoms with Gasteiger partial charge in [-0.3, -0.25) is 14.8 Å². The largest absolute Gasteiger partial charge is 0.379 e. The van der Waals surface area contributed by atoms with E-state index in [9.17, 15) is 18.0 Å². The molecule has 33 heavy (non-hydrogen) atoms. The number of hydrogen-bond donors (Lipinski definition) is 2. The molecule has 1 aromatic carbocycles. The number of aliphatic imine (C=N–C) groups is 1. The van der Waals surface area contributed by atoms with Crippen molar-refractivity contribution >= 4 is 28.5 Å². The van der Waals surface area contributed by atoms with Crippen molar-refractivity contribution in [1.82, 2.24) is 10.1 Å². The van der Waals surface area contributed by atoms with Gasteiger partial charge in [0.2, 0.25) is 0 Å². The lowest BCUT2D eigenvalue weighted by atomic mass is 9.97. The number of carbonyl (C=O) groups excluding carboxylic acids is 1. The SMILES string of the molecule is Cc1noc(C)c1[C@@H]1C[C@@H](c2cc(NC(=O)c3ccc(C(F)F)cn3)ccc2F)SC(N)=N1. The summed E-state index contributed by atoms with van der Waals surface area (Å²) >= 11 is 1.24. The molecule has 172 valence electrons. The zero-order chi connectivity index (χ0) is 23.7. The summed E-state index contributed by atoms with van der Waals surface area (Å²) in [6.45, 7) is 3.60. The molecule has 0 fully saturated rings. The highest BCUT2D eigenvalue weighted by molar-refractivity contribution is 8.14. The predicted octanol–water partition coefficient (Wildman–Crippen LogP) is 5.25. The number of halogens is 3. The van der Waals surface area contributed by atoms with Crippen LogP contribution in [0.4, 0.5) is 18.9 Å². The molecular formula is C22H20F3N5O2S. The van der Waals surface area contributed by atoms with E-state index >= 15 is 0 Å². The van der Waals surface area contributed by atoms with E-state index in [1.165, 1.54) is 36.0 Å². The molecule has 0 unspecified atom stereocenters. The molecule has 0 bridgehead atoms. The van der Waals surface area contributed by atoms with Crippen LogP contribution in [0.5, 0.6) is 0 Å². The lowest BCUT2D eigenvalue weighted by Gasteiger charge is -2.26. The number of aryl methyl sites for hydroxylation is 2. The van der Waals surface area contributed by atoms with E-state index in [-0.39, 0.29) is 22.5 Å². The molecule has 3 aromatic rings. The molecule has 1 amide bonds. The quantitative estimate of drug-likeness (QED) is 0.522. The van der Waals surface area contributed by atoms with Crippen molar-refractivity contribution < 1.29 is 22.5 Å². The first kappa shape index (κ1) is 22.8. The number of amidine groups is 1. The van der Waals surface area contributed by atoms with Crippen molar-refractivity contribution in [3.8, 4) is 0 Å². The summed E-state index contributed by atoms with van der Waals surface area (Å²) in [5.74, 6) is -0.414. The molecule has 4 rings (SSSR count). The van der Waals surface area contributed by atoms with Crippen LogP contribution in [0, 0.1) is 19.7 Å². The number of thioether (sulfide) groups is 1. The fourth-order valence-corrected chi connectivity index (χ4v) is 4.77. The fraction of sp³-hybridized carbons (Fsp3) is 0.273. The number of rotatable bonds is 5. The Bertz CT molecular complexity index is 1190. The van der Waals surface area contributed by atoms with Gasteiger partial charge in [0.25, 0.3) is 12.3 Å². The van der Waals surface area contributed by atoms with Crippen LogP contribution in [-0.2, 0) is 0 Å². The Hall–Kier alpha value is -3.34. The van der Waals surface area contributed by atoms with E-state index in [0.717, 1.165) is 17.8 Å². The van der Waals surface area contributed by atoms with Gasteiger partial charge in [-0.25, -0.2) is 13.2 Å². The molecule has 2 aromatic heterocycles. The van der Waals surface area contributed by atoms with Crippen LogP contribution in [0.2, 0.25) is 0 Å². The molecule has 0 saturated heterocycles. The third-order valence-electron chi connectivity index (χ3n) is 5.28. The first-order chi connectivity index (χ1) is 15.7. The van der Waals surface area contributed by atoms with Crippen LogP contribution in [0.1, 0.15) is 62.8 Å². The number of benzene rings is 1. The highest BCUT2D eigenvalue weighted by Crippen LogP contribution is 2.45. The molecule has 11 heteroatoms. The zero-order valence-corrected chi connectivity index (χ0v) is 18.5. The molecule has 2 atom stereocenters. The van der Waals surface area contributed by atoms with Crippen LogP contribution in [0.3, 0.4) is 0 Å². The summed E-state index contributed by atoms with van der Waals surface area (Å²) in [4.78, 5) is 20.7. The van der Waals surface area contributed by atoms with Crippen molar-refractivity contribution in [3.05, 3.63) is 76.2 Å². The Balaban J connectivity index is 1.56. The van der Waals surface area contributed by atoms with E-state index in [4.69, 9.17) is 10.3 Å². The molecule has 0 saturated carbocycles. The van der Waals surface area contributed by atoms with Crippen molar-refractivity contribution in [3.63, 3.8) is 0 Å². The average molecular weight is 475 g/mol. The van der Waals surface area contributed by atoms with Gasteiger partial charge < -0.3 is 15.6 Å². The van der Waals surface area contributed by atoms with Gasteiger partial charge in [-0.15, -0.1) is 0 Å². The first-order valence-electron chi connectivity index (χ1n) is 10.0. The van der Waals surface area contributed by atoms with Crippen molar-refractivity contribution in [2.45, 2.75) is 38.0 Å². The lowest BCUT2D eigenvalue weighted by molar-refractivity contribution is 0.102. The van der Waals surface area contributed by atoms with Crippen LogP contribution in [0.15, 0.2) is 46.0 Å². The second-order valence-corrected chi connectivity index (χ2v) is 8.75. The Labute approximate surface area is 191 Å². The molecule has 7 nitrogen and oxygen atoms in total. The minimum absolute atomic E-state index is 0.0350. The summed E-state index contributed by atoms with van der Waals surface area (Å²) in [5, 5.41) is 6.55. The normalized spacial score (nSPS) is 18.3. The minimum atomic E-state index is -2.67. The van der Waals surface area contributed by atoms with Gasteiger partial charge in [0, 0.05) is 33.8 Å². The zero-order valence-electron chi connectivity index (χ0n) is 17.7. The van der Waals surface area contributed by atoms with Crippen LogP contribution < -0.4 is 11.1 Å². The second kappa shape index (κ2) is 9.26. The third kappa shape index (κ3) is 4.87. The van der Waals surface area contributed by atoms with Gasteiger partial charge in [-0.2, -0.15) is 0 Å². The number of nitrogens with two attached hydrogens (primary N) is 1. The Morgan fingerprint density at radius 2 is 2.06 bits per heavy atom. The maximum absolute atomic E-state index is 14.8. The summed E-state index contributed by atoms with van der Waals surface area (Å²) in [7, 11) is 0. The molecule has 3 heterocycles. The van der Waals surface area contributed by atoms with Gasteiger partial charge in [-0.1, -0.05) is 16.9 Å². The van der Waals surface area contributed by atoms with Crippen LogP contribution >= 0.6 is 11.8 Å². The number of pyridine rings is 1. The second-order valence-electron chi connectivity index (χ2n) is 7.53. The van der Waals surface area contributed by atoms with E-state index in [2.05, 4.69) is 20.4 Å². The van der Waals surface area contributed by atoms with Gasteiger partial charge in [-0.05, 0) is 50.6 Å². The lowest BCUT2D eigenvalue weighted by Crippen LogP contribution is -2.20. The van der Waals surface area contributed by atoms with Crippen molar-refractivity contribution in [2.75, 3.05) is 5.32 Å². The predicted molar refractivity (Wildman–Crippen MR) is 119 cm³/mol. The smallest absolute Gasteiger partial charge is 0.274 e. The van der Waals surface area contributed by atoms with Gasteiger partial charge in [0.15, 0.2) is 5.17 Å². The molecule has 0 radical (unpaired) electrons. The highest BCUT2D eigenvalue weighted by Gasteiger charge is 2.31. The Morgan fingerprint density at radius 1 is 1.27 bits per heavy atom. The highest BCUT2D eigenvalue weighted by atomic mass is 32.2. The van der Waals surface area contributed by atoms with Crippen LogP contribution in [-0.4, -0.2) is 21.2 Å². The third-order valence-corrected chi connectivity index (χ3v) is 6.35. The van der Waals surface area contributed by atoms with Crippen LogP contribution in [0.25, 0.3) is 0 Å². The maximum atomic E-state index is 14.8. The molecule has 1 aliphatic heterocycles. The van der Waals surface area contributed by atoms with E-state index in [1.54, 1.807) is 6.92 Å². The van der Waals surface area contributed by atoms with Gasteiger partial charge in [0.05, 0.1) is 11.7 Å². The number of aromatic nitrogens is 2. The number of amides is 1. The summed E-state index contributed by atoms with van der Waals surface area (Å²) < 4.78 is 45.4. The minimum Gasteiger partial charge on any atom is -0.379 e. The topological polar surface area (TPSA) is 106 Å². The van der Waals surface area contributed by atoms with Gasteiger partial charge in [0.1, 0.15) is 17.3 Å². The number of carbonyl (C=O) groups is 1. The monoisotopic (exact) mass is 475 g/mol. The van der Waals surface area contributed by atoms with Crippen molar-refractivity contribution in [2.24, 2.45) is 10.7 Å². The number of hydrogen-bond acceptors (Lipinski definition) is 7. The summed E-state index contributed by atoms with van der Waals surface area (Å²) in [6, 6.07) is 6.22. The van der Waals surface area contributed by atoms with E-state index in [0.29, 0.717) is 34.3 Å². The fourth-order valence-electron chi connectivity index (χ4n) is 3.70. The molecule has 0 aliphatic carbocycles. The number of anilines is 1. The number of nitrogens with zero attached hydrogens (tertiary/aromatic N) is 3. The van der Waals surface area contributed by atoms with E-state index in [1.807, 2.05) is 6.92 Å². The molecule has 1 aliphatic rings. The average Bonchev–Trinajstić information content (AvgIpc) is 3.12. The van der Waals surface area contributed by atoms with E-state index < -0.39 is 18.1 Å². The van der Waals surface area contributed by atoms with Crippen molar-refractivity contribution in [1.29, 1.82) is 0 Å². The molecule has 0 spiro atoms. The first-order valence-corrected chi connectivity index (χ1v) is 10.9. The summed E-state index contributed by atoms with van der Waals surface area (Å²) in [5.41, 5.74) is 7.95. The Kier molecular flexibility index (Phi) is 6.41. The number of nitrogens with one attached hydrogen (secondary N) is 1. The standard InChI is InChI=1S/C22H20F3N5O2S/c1-10-19(11(2)32-30-10)17-8-18(33-22(26)29-17)14-7-13(4-5-15(14)23)28-21(31)16-6-3-12(9-27-16)20(24)25/h3-7,9,17-18,20H,8H2,1-2H3,(H2,26,29)(H,28,31)/t17-,18-/m0/s1. The van der Waals surface area contributed by atoms with Gasteiger partial charge >= 0.3 is 0 Å². The maximum Gasteiger partial charge on any atom is 0.274 e. The molecular weight excluding hydrogens is 455 g/mol. The number of alkyl halides is 2. The summed E-state index contributed by atoms with van der Waals surface area (Å²) in [6.07, 6.45) is -1.27. The Morgan fingerprint density at radius 3 is 2.70 bits per heavy atom. The molecule has 3 N–H and O–H groups in total.